The Morgan fingerprint density at radius 3 is 2.25 bits per heavy atom. The monoisotopic (exact) mass is 271 g/mol. The van der Waals surface area contributed by atoms with Crippen LogP contribution in [-0.4, -0.2) is 30.0 Å². The fourth-order valence-electron chi connectivity index (χ4n) is 2.78. The summed E-state index contributed by atoms with van der Waals surface area (Å²) >= 11 is 0. The molecule has 0 N–H and O–H groups in total. The SMILES string of the molecule is CC(Oc1ccccc1)C(=O)N1CCC(=C2CC2)CC1. The average molecular weight is 271 g/mol. The van der Waals surface area contributed by atoms with E-state index in [1.165, 1.54) is 12.8 Å². The van der Waals surface area contributed by atoms with Gasteiger partial charge in [-0.1, -0.05) is 29.3 Å². The van der Waals surface area contributed by atoms with Crippen molar-refractivity contribution in [3.05, 3.63) is 41.5 Å². The van der Waals surface area contributed by atoms with Gasteiger partial charge in [-0.3, -0.25) is 4.79 Å². The Bertz CT molecular complexity index is 505. The number of piperidine rings is 1. The van der Waals surface area contributed by atoms with Crippen molar-refractivity contribution in [2.75, 3.05) is 13.1 Å². The van der Waals surface area contributed by atoms with Crippen LogP contribution in [0.15, 0.2) is 41.5 Å². The van der Waals surface area contributed by atoms with Gasteiger partial charge in [-0.25, -0.2) is 0 Å². The predicted octanol–water partition coefficient (Wildman–Crippen LogP) is 3.17. The standard InChI is InChI=1S/C17H21NO2/c1-13(20-16-5-3-2-4-6-16)17(19)18-11-9-15(10-12-18)14-7-8-14/h2-6,13H,7-12H2,1H3. The molecule has 0 bridgehead atoms. The van der Waals surface area contributed by atoms with Gasteiger partial charge in [-0.15, -0.1) is 0 Å². The van der Waals surface area contributed by atoms with Crippen molar-refractivity contribution < 1.29 is 9.53 Å². The molecule has 0 radical (unpaired) electrons. The van der Waals surface area contributed by atoms with E-state index in [0.29, 0.717) is 0 Å². The molecule has 3 heteroatoms. The summed E-state index contributed by atoms with van der Waals surface area (Å²) in [5, 5.41) is 0. The van der Waals surface area contributed by atoms with Crippen LogP contribution in [0.2, 0.25) is 0 Å². The summed E-state index contributed by atoms with van der Waals surface area (Å²) in [6.07, 6.45) is 4.28. The van der Waals surface area contributed by atoms with Gasteiger partial charge in [0.05, 0.1) is 0 Å². The highest BCUT2D eigenvalue weighted by Crippen LogP contribution is 2.36. The third-order valence-corrected chi connectivity index (χ3v) is 4.08. The topological polar surface area (TPSA) is 29.5 Å². The Hall–Kier alpha value is -1.77. The van der Waals surface area contributed by atoms with Gasteiger partial charge < -0.3 is 9.64 Å². The highest BCUT2D eigenvalue weighted by atomic mass is 16.5. The molecule has 1 unspecified atom stereocenters. The van der Waals surface area contributed by atoms with Crippen LogP contribution in [-0.2, 0) is 4.79 Å². The summed E-state index contributed by atoms with van der Waals surface area (Å²) < 4.78 is 5.71. The maximum absolute atomic E-state index is 12.4. The second-order valence-electron chi connectivity index (χ2n) is 5.61. The number of benzene rings is 1. The second kappa shape index (κ2) is 5.70. The lowest BCUT2D eigenvalue weighted by Crippen LogP contribution is -2.43. The third kappa shape index (κ3) is 3.03. The zero-order valence-electron chi connectivity index (χ0n) is 12.0. The minimum atomic E-state index is -0.410. The summed E-state index contributed by atoms with van der Waals surface area (Å²) in [7, 11) is 0. The van der Waals surface area contributed by atoms with Crippen molar-refractivity contribution in [1.82, 2.24) is 4.90 Å². The van der Waals surface area contributed by atoms with Crippen LogP contribution in [0, 0.1) is 0 Å². The first-order valence-corrected chi connectivity index (χ1v) is 7.44. The summed E-state index contributed by atoms with van der Waals surface area (Å²) in [5.41, 5.74) is 3.25. The molecule has 1 atom stereocenters. The summed E-state index contributed by atoms with van der Waals surface area (Å²) in [6.45, 7) is 3.53. The molecule has 1 aliphatic carbocycles. The molecule has 106 valence electrons. The van der Waals surface area contributed by atoms with Crippen LogP contribution in [0.25, 0.3) is 0 Å². The Balaban J connectivity index is 1.55. The molecule has 2 aliphatic rings. The number of nitrogens with zero attached hydrogens (tertiary/aromatic N) is 1. The maximum atomic E-state index is 12.4. The van der Waals surface area contributed by atoms with Gasteiger partial charge in [-0.2, -0.15) is 0 Å². The number of rotatable bonds is 3. The largest absolute Gasteiger partial charge is 0.481 e. The van der Waals surface area contributed by atoms with Gasteiger partial charge >= 0.3 is 0 Å². The zero-order chi connectivity index (χ0) is 13.9. The highest BCUT2D eigenvalue weighted by Gasteiger charge is 2.27. The molecule has 1 saturated carbocycles. The molecule has 2 fully saturated rings. The number of carbonyl (C=O) groups is 1. The predicted molar refractivity (Wildman–Crippen MR) is 78.6 cm³/mol. The van der Waals surface area contributed by atoms with Crippen molar-refractivity contribution >= 4 is 5.91 Å². The normalized spacial score (nSPS) is 19.8. The number of hydrogen-bond donors (Lipinski definition) is 0. The molecule has 1 saturated heterocycles. The molecule has 3 rings (SSSR count). The molecule has 20 heavy (non-hydrogen) atoms. The van der Waals surface area contributed by atoms with Gasteiger partial charge in [-0.05, 0) is 44.7 Å². The first-order valence-electron chi connectivity index (χ1n) is 7.44. The van der Waals surface area contributed by atoms with E-state index in [2.05, 4.69) is 0 Å². The Morgan fingerprint density at radius 1 is 1.05 bits per heavy atom. The van der Waals surface area contributed by atoms with Crippen LogP contribution in [0.3, 0.4) is 0 Å². The smallest absolute Gasteiger partial charge is 0.263 e. The summed E-state index contributed by atoms with van der Waals surface area (Å²) in [4.78, 5) is 14.3. The van der Waals surface area contributed by atoms with E-state index in [0.717, 1.165) is 31.7 Å². The Labute approximate surface area is 120 Å². The summed E-state index contributed by atoms with van der Waals surface area (Å²) in [6, 6.07) is 9.55. The van der Waals surface area contributed by atoms with E-state index in [-0.39, 0.29) is 5.91 Å². The first-order chi connectivity index (χ1) is 9.74. The van der Waals surface area contributed by atoms with E-state index in [1.54, 1.807) is 11.1 Å². The molecular weight excluding hydrogens is 250 g/mol. The van der Waals surface area contributed by atoms with Crippen molar-refractivity contribution in [2.24, 2.45) is 0 Å². The van der Waals surface area contributed by atoms with E-state index in [9.17, 15) is 4.79 Å². The van der Waals surface area contributed by atoms with Crippen LogP contribution >= 0.6 is 0 Å². The number of amides is 1. The minimum absolute atomic E-state index is 0.105. The first kappa shape index (κ1) is 13.2. The molecule has 1 heterocycles. The number of likely N-dealkylation sites (tertiary alicyclic amines) is 1. The average Bonchev–Trinajstić information content (AvgIpc) is 3.32. The Morgan fingerprint density at radius 2 is 1.65 bits per heavy atom. The Kier molecular flexibility index (Phi) is 3.77. The lowest BCUT2D eigenvalue weighted by atomic mass is 10.0. The van der Waals surface area contributed by atoms with E-state index in [4.69, 9.17) is 4.74 Å². The van der Waals surface area contributed by atoms with Gasteiger partial charge in [0, 0.05) is 13.1 Å². The number of hydrogen-bond acceptors (Lipinski definition) is 2. The van der Waals surface area contributed by atoms with Crippen molar-refractivity contribution in [3.8, 4) is 5.75 Å². The van der Waals surface area contributed by atoms with Gasteiger partial charge in [0.2, 0.25) is 0 Å². The van der Waals surface area contributed by atoms with Crippen LogP contribution in [0.5, 0.6) is 5.75 Å². The fourth-order valence-corrected chi connectivity index (χ4v) is 2.78. The minimum Gasteiger partial charge on any atom is -0.481 e. The molecule has 1 aromatic rings. The van der Waals surface area contributed by atoms with Crippen LogP contribution in [0.4, 0.5) is 0 Å². The molecule has 0 aromatic heterocycles. The van der Waals surface area contributed by atoms with Crippen LogP contribution in [0.1, 0.15) is 32.6 Å². The van der Waals surface area contributed by atoms with E-state index in [1.807, 2.05) is 42.2 Å². The number of ether oxygens (including phenoxy) is 1. The molecule has 1 aromatic carbocycles. The zero-order valence-corrected chi connectivity index (χ0v) is 12.0. The fraction of sp³-hybridized carbons (Fsp3) is 0.471. The lowest BCUT2D eigenvalue weighted by molar-refractivity contribution is -0.138. The van der Waals surface area contributed by atoms with Crippen molar-refractivity contribution in [2.45, 2.75) is 38.7 Å². The van der Waals surface area contributed by atoms with Crippen LogP contribution < -0.4 is 4.74 Å². The number of para-hydroxylation sites is 1. The van der Waals surface area contributed by atoms with Crippen molar-refractivity contribution in [1.29, 1.82) is 0 Å². The molecule has 1 amide bonds. The van der Waals surface area contributed by atoms with Crippen molar-refractivity contribution in [3.63, 3.8) is 0 Å². The summed E-state index contributed by atoms with van der Waals surface area (Å²) in [5.74, 6) is 0.861. The maximum Gasteiger partial charge on any atom is 0.263 e. The van der Waals surface area contributed by atoms with Gasteiger partial charge in [0.15, 0.2) is 6.10 Å². The van der Waals surface area contributed by atoms with Gasteiger partial charge in [0.1, 0.15) is 5.75 Å². The quantitative estimate of drug-likeness (QED) is 0.790. The third-order valence-electron chi connectivity index (χ3n) is 4.08. The number of allylic oxidation sites excluding steroid dienone is 1. The molecular formula is C17H21NO2. The van der Waals surface area contributed by atoms with E-state index >= 15 is 0 Å². The molecule has 3 nitrogen and oxygen atoms in total. The highest BCUT2D eigenvalue weighted by molar-refractivity contribution is 5.81. The van der Waals surface area contributed by atoms with Gasteiger partial charge in [0.25, 0.3) is 5.91 Å². The lowest BCUT2D eigenvalue weighted by Gasteiger charge is -2.30. The molecule has 1 aliphatic heterocycles. The number of carbonyl (C=O) groups excluding carboxylic acids is 1. The second-order valence-corrected chi connectivity index (χ2v) is 5.61. The van der Waals surface area contributed by atoms with E-state index < -0.39 is 6.10 Å². The molecule has 0 spiro atoms.